The average molecular weight is 441 g/mol. The van der Waals surface area contributed by atoms with E-state index in [0.717, 1.165) is 60.9 Å². The first-order valence-corrected chi connectivity index (χ1v) is 11.6. The van der Waals surface area contributed by atoms with E-state index in [9.17, 15) is 9.59 Å². The third-order valence-electron chi connectivity index (χ3n) is 6.19. The number of amides is 1. The fourth-order valence-electron chi connectivity index (χ4n) is 4.30. The number of benzene rings is 1. The molecule has 0 aliphatic carbocycles. The van der Waals surface area contributed by atoms with Gasteiger partial charge in [-0.3, -0.25) is 19.4 Å². The number of carboxylic acid groups (broad SMARTS) is 1. The Balaban J connectivity index is 1.40. The summed E-state index contributed by atoms with van der Waals surface area (Å²) in [7, 11) is 0. The van der Waals surface area contributed by atoms with E-state index in [2.05, 4.69) is 33.1 Å². The van der Waals surface area contributed by atoms with Gasteiger partial charge in [-0.25, -0.2) is 9.97 Å². The summed E-state index contributed by atoms with van der Waals surface area (Å²) in [6, 6.07) is 6.30. The van der Waals surface area contributed by atoms with Gasteiger partial charge in [0, 0.05) is 30.8 Å². The maximum absolute atomic E-state index is 12.4. The molecule has 3 heterocycles. The van der Waals surface area contributed by atoms with E-state index in [-0.39, 0.29) is 11.8 Å². The average Bonchev–Trinajstić information content (AvgIpc) is 2.76. The number of aliphatic carboxylic acids is 1. The molecule has 2 aliphatic rings. The van der Waals surface area contributed by atoms with Crippen molar-refractivity contribution in [2.75, 3.05) is 18.0 Å². The van der Waals surface area contributed by atoms with Crippen LogP contribution in [0.4, 0.5) is 11.5 Å². The predicted octanol–water partition coefficient (Wildman–Crippen LogP) is 4.34. The largest absolute Gasteiger partial charge is 0.481 e. The number of piperidine rings is 1. The van der Waals surface area contributed by atoms with E-state index in [1.807, 2.05) is 0 Å². The Hall–Kier alpha value is -2.45. The molecule has 4 rings (SSSR count). The minimum absolute atomic E-state index is 0.0724. The number of nitrogens with zero attached hydrogens (tertiary/aromatic N) is 4. The third kappa shape index (κ3) is 4.91. The summed E-state index contributed by atoms with van der Waals surface area (Å²) >= 11 is 1.55. The second kappa shape index (κ2) is 9.36. The van der Waals surface area contributed by atoms with Gasteiger partial charge in [-0.05, 0) is 62.4 Å². The van der Waals surface area contributed by atoms with Crippen molar-refractivity contribution in [2.45, 2.75) is 56.0 Å². The van der Waals surface area contributed by atoms with Crippen molar-refractivity contribution in [2.24, 2.45) is 11.8 Å². The Morgan fingerprint density at radius 1 is 1.23 bits per heavy atom. The van der Waals surface area contributed by atoms with Crippen LogP contribution >= 0.6 is 11.8 Å². The summed E-state index contributed by atoms with van der Waals surface area (Å²) in [5.41, 5.74) is 2.05. The van der Waals surface area contributed by atoms with Crippen molar-refractivity contribution in [3.8, 4) is 0 Å². The van der Waals surface area contributed by atoms with Gasteiger partial charge in [-0.15, -0.1) is 0 Å². The van der Waals surface area contributed by atoms with E-state index < -0.39 is 5.97 Å². The van der Waals surface area contributed by atoms with E-state index in [0.29, 0.717) is 11.7 Å². The summed E-state index contributed by atoms with van der Waals surface area (Å²) in [5, 5.41) is 9.81. The van der Waals surface area contributed by atoms with Crippen LogP contribution in [0.1, 0.15) is 45.1 Å². The van der Waals surface area contributed by atoms with Gasteiger partial charge in [0.1, 0.15) is 5.03 Å². The van der Waals surface area contributed by atoms with Crippen LogP contribution in [-0.2, 0) is 16.1 Å². The summed E-state index contributed by atoms with van der Waals surface area (Å²) in [4.78, 5) is 37.3. The highest BCUT2D eigenvalue weighted by molar-refractivity contribution is 7.99. The van der Waals surface area contributed by atoms with Crippen molar-refractivity contribution in [3.05, 3.63) is 36.2 Å². The molecule has 1 unspecified atom stereocenters. The Morgan fingerprint density at radius 2 is 1.97 bits per heavy atom. The van der Waals surface area contributed by atoms with Crippen LogP contribution in [0.25, 0.3) is 0 Å². The minimum atomic E-state index is -0.698. The molecule has 1 aromatic heterocycles. The molecule has 1 fully saturated rings. The number of hydrogen-bond acceptors (Lipinski definition) is 6. The number of rotatable bonds is 6. The number of likely N-dealkylation sites (tertiary alicyclic amines) is 1. The predicted molar refractivity (Wildman–Crippen MR) is 119 cm³/mol. The van der Waals surface area contributed by atoms with Crippen LogP contribution in [0, 0.1) is 11.8 Å². The molecule has 1 saturated heterocycles. The highest BCUT2D eigenvalue weighted by Crippen LogP contribution is 2.46. The zero-order valence-electron chi connectivity index (χ0n) is 18.0. The molecule has 0 bridgehead atoms. The van der Waals surface area contributed by atoms with Crippen molar-refractivity contribution >= 4 is 35.1 Å². The molecular weight excluding hydrogens is 412 g/mol. The first kappa shape index (κ1) is 21.8. The molecule has 2 aliphatic heterocycles. The molecule has 0 spiro atoms. The number of hydrogen-bond donors (Lipinski definition) is 1. The van der Waals surface area contributed by atoms with Gasteiger partial charge in [0.2, 0.25) is 5.91 Å². The van der Waals surface area contributed by atoms with Crippen LogP contribution in [0.2, 0.25) is 0 Å². The van der Waals surface area contributed by atoms with Crippen LogP contribution in [-0.4, -0.2) is 44.9 Å². The van der Waals surface area contributed by atoms with E-state index in [1.54, 1.807) is 42.9 Å². The normalized spacial score (nSPS) is 17.7. The summed E-state index contributed by atoms with van der Waals surface area (Å²) in [6.07, 6.45) is 7.23. The third-order valence-corrected chi connectivity index (χ3v) is 7.23. The Morgan fingerprint density at radius 3 is 2.68 bits per heavy atom. The summed E-state index contributed by atoms with van der Waals surface area (Å²) in [6.45, 7) is 6.22. The number of aromatic nitrogens is 2. The molecule has 1 atom stereocenters. The van der Waals surface area contributed by atoms with E-state index in [1.165, 1.54) is 5.56 Å². The minimum Gasteiger partial charge on any atom is -0.481 e. The molecule has 0 saturated carbocycles. The second-order valence-electron chi connectivity index (χ2n) is 8.48. The molecule has 2 aromatic rings. The monoisotopic (exact) mass is 440 g/mol. The molecule has 8 heteroatoms. The van der Waals surface area contributed by atoms with Gasteiger partial charge in [0.05, 0.1) is 11.6 Å². The molecule has 1 aromatic carbocycles. The first-order chi connectivity index (χ1) is 14.9. The maximum Gasteiger partial charge on any atom is 0.306 e. The summed E-state index contributed by atoms with van der Waals surface area (Å²) < 4.78 is 0. The fourth-order valence-corrected chi connectivity index (χ4v) is 5.25. The topological polar surface area (TPSA) is 86.6 Å². The standard InChI is InChI=1S/C23H28N4O3S/c1-15(23(29)30)3-4-17-7-11-26(12-8-17)14-18-5-6-20-19(13-18)27(16(2)28)21-22(31-20)25-10-9-24-21/h5-6,9-10,13,15,17H,3-4,7-8,11-12,14H2,1-2H3,(H,29,30). The van der Waals surface area contributed by atoms with Crippen LogP contribution in [0.5, 0.6) is 0 Å². The lowest BCUT2D eigenvalue weighted by Gasteiger charge is -2.33. The van der Waals surface area contributed by atoms with Gasteiger partial charge >= 0.3 is 5.97 Å². The van der Waals surface area contributed by atoms with Crippen molar-refractivity contribution in [1.82, 2.24) is 14.9 Å². The second-order valence-corrected chi connectivity index (χ2v) is 9.51. The lowest BCUT2D eigenvalue weighted by molar-refractivity contribution is -0.141. The van der Waals surface area contributed by atoms with E-state index >= 15 is 0 Å². The van der Waals surface area contributed by atoms with Gasteiger partial charge < -0.3 is 5.11 Å². The number of carbonyl (C=O) groups excluding carboxylic acids is 1. The molecule has 1 amide bonds. The highest BCUT2D eigenvalue weighted by atomic mass is 32.2. The zero-order chi connectivity index (χ0) is 22.0. The zero-order valence-corrected chi connectivity index (χ0v) is 18.8. The van der Waals surface area contributed by atoms with Crippen molar-refractivity contribution in [3.63, 3.8) is 0 Å². The van der Waals surface area contributed by atoms with Crippen molar-refractivity contribution in [1.29, 1.82) is 0 Å². The maximum atomic E-state index is 12.4. The van der Waals surface area contributed by atoms with Gasteiger partial charge in [-0.2, -0.15) is 0 Å². The summed E-state index contributed by atoms with van der Waals surface area (Å²) in [5.74, 6) is 0.181. The first-order valence-electron chi connectivity index (χ1n) is 10.8. The lowest BCUT2D eigenvalue weighted by atomic mass is 9.89. The van der Waals surface area contributed by atoms with Crippen LogP contribution in [0.3, 0.4) is 0 Å². The van der Waals surface area contributed by atoms with Crippen LogP contribution < -0.4 is 4.90 Å². The number of carbonyl (C=O) groups is 2. The number of fused-ring (bicyclic) bond motifs is 2. The lowest BCUT2D eigenvalue weighted by Crippen LogP contribution is -2.33. The molecule has 0 radical (unpaired) electrons. The number of anilines is 2. The fraction of sp³-hybridized carbons (Fsp3) is 0.478. The van der Waals surface area contributed by atoms with E-state index in [4.69, 9.17) is 5.11 Å². The van der Waals surface area contributed by atoms with Gasteiger partial charge in [-0.1, -0.05) is 24.8 Å². The van der Waals surface area contributed by atoms with Crippen LogP contribution in [0.15, 0.2) is 40.5 Å². The van der Waals surface area contributed by atoms with Gasteiger partial charge in [0.25, 0.3) is 0 Å². The Kier molecular flexibility index (Phi) is 6.57. The Labute approximate surface area is 186 Å². The van der Waals surface area contributed by atoms with Gasteiger partial charge in [0.15, 0.2) is 5.82 Å². The Bertz CT molecular complexity index is 975. The molecule has 1 N–H and O–H groups in total. The quantitative estimate of drug-likeness (QED) is 0.715. The molecule has 31 heavy (non-hydrogen) atoms. The highest BCUT2D eigenvalue weighted by Gasteiger charge is 2.29. The molecular formula is C23H28N4O3S. The van der Waals surface area contributed by atoms with Crippen molar-refractivity contribution < 1.29 is 14.7 Å². The molecule has 164 valence electrons. The smallest absolute Gasteiger partial charge is 0.306 e. The molecule has 7 nitrogen and oxygen atoms in total. The SMILES string of the molecule is CC(=O)N1c2cc(CN3CCC(CCC(C)C(=O)O)CC3)ccc2Sc2nccnc21. The number of carboxylic acids is 1.